The van der Waals surface area contributed by atoms with Crippen LogP contribution in [0.25, 0.3) is 11.0 Å². The van der Waals surface area contributed by atoms with Crippen LogP contribution in [0, 0.1) is 0 Å². The lowest BCUT2D eigenvalue weighted by atomic mass is 10.3. The van der Waals surface area contributed by atoms with Crippen molar-refractivity contribution in [3.8, 4) is 0 Å². The predicted molar refractivity (Wildman–Crippen MR) is 88.7 cm³/mol. The molecule has 0 spiro atoms. The van der Waals surface area contributed by atoms with Crippen LogP contribution in [0.4, 0.5) is 5.69 Å². The number of nitrogens with one attached hydrogen (secondary N) is 1. The van der Waals surface area contributed by atoms with Crippen LogP contribution in [0.5, 0.6) is 0 Å². The average molecular weight is 351 g/mol. The van der Waals surface area contributed by atoms with Crippen molar-refractivity contribution in [2.45, 2.75) is 13.0 Å². The molecule has 0 unspecified atom stereocenters. The third-order valence-corrected chi connectivity index (χ3v) is 3.70. The van der Waals surface area contributed by atoms with Crippen LogP contribution < -0.4 is 10.2 Å². The third kappa shape index (κ3) is 3.38. The Hall–Kier alpha value is -2.31. The largest absolute Gasteiger partial charge is 0.382 e. The van der Waals surface area contributed by atoms with Gasteiger partial charge < -0.3 is 10.2 Å². The van der Waals surface area contributed by atoms with Gasteiger partial charge in [-0.3, -0.25) is 4.79 Å². The average Bonchev–Trinajstić information content (AvgIpc) is 2.91. The number of carbonyl (C=O) groups excluding carboxylic acids is 1. The first-order valence-electron chi connectivity index (χ1n) is 6.78. The van der Waals surface area contributed by atoms with Crippen LogP contribution in [-0.2, 0) is 4.79 Å². The number of halogens is 2. The molecule has 6 nitrogen and oxygen atoms in total. The lowest BCUT2D eigenvalue weighted by Gasteiger charge is -2.14. The number of amides is 1. The Morgan fingerprint density at radius 1 is 1.26 bits per heavy atom. The van der Waals surface area contributed by atoms with E-state index in [0.717, 1.165) is 0 Å². The normalized spacial score (nSPS) is 12.1. The van der Waals surface area contributed by atoms with Crippen molar-refractivity contribution in [2.75, 3.05) is 5.32 Å². The molecule has 3 rings (SSSR count). The summed E-state index contributed by atoms with van der Waals surface area (Å²) in [6, 6.07) is 12.0. The number of rotatable bonds is 4. The number of fused-ring (bicyclic) bond motifs is 1. The van der Waals surface area contributed by atoms with Gasteiger partial charge in [0.05, 0.1) is 10.7 Å². The first kappa shape index (κ1) is 15.6. The maximum atomic E-state index is 12.2. The Morgan fingerprint density at radius 2 is 2.04 bits per heavy atom. The van der Waals surface area contributed by atoms with E-state index in [2.05, 4.69) is 15.6 Å². The van der Waals surface area contributed by atoms with E-state index in [-0.39, 0.29) is 5.91 Å². The zero-order valence-corrected chi connectivity index (χ0v) is 13.5. The topological polar surface area (TPSA) is 69.0 Å². The summed E-state index contributed by atoms with van der Waals surface area (Å²) in [6.45, 7) is 1.60. The van der Waals surface area contributed by atoms with Gasteiger partial charge in [0.15, 0.2) is 0 Å². The second kappa shape index (κ2) is 6.44. The lowest BCUT2D eigenvalue weighted by Crippen LogP contribution is -2.35. The fourth-order valence-electron chi connectivity index (χ4n) is 1.94. The molecule has 8 heteroatoms. The number of benzene rings is 2. The van der Waals surface area contributed by atoms with Gasteiger partial charge in [0.1, 0.15) is 11.0 Å². The molecule has 0 bridgehead atoms. The molecule has 0 aliphatic heterocycles. The maximum absolute atomic E-state index is 12.2. The van der Waals surface area contributed by atoms with E-state index < -0.39 is 6.10 Å². The molecular weight excluding hydrogens is 339 g/mol. The molecule has 1 N–H and O–H groups in total. The van der Waals surface area contributed by atoms with Crippen LogP contribution in [0.3, 0.4) is 0 Å². The molecule has 0 aliphatic carbocycles. The summed E-state index contributed by atoms with van der Waals surface area (Å²) in [7, 11) is 0. The summed E-state index contributed by atoms with van der Waals surface area (Å²) in [6.07, 6.45) is -0.810. The summed E-state index contributed by atoms with van der Waals surface area (Å²) < 4.78 is 0. The van der Waals surface area contributed by atoms with Gasteiger partial charge in [-0.25, -0.2) is 0 Å². The van der Waals surface area contributed by atoms with E-state index in [1.165, 1.54) is 4.85 Å². The van der Waals surface area contributed by atoms with Crippen LogP contribution in [0.1, 0.15) is 6.92 Å². The number of anilines is 1. The van der Waals surface area contributed by atoms with Crippen molar-refractivity contribution in [3.63, 3.8) is 0 Å². The zero-order valence-electron chi connectivity index (χ0n) is 12.0. The molecule has 118 valence electrons. The zero-order chi connectivity index (χ0) is 16.4. The molecular formula is C15H12Cl2N4O2. The summed E-state index contributed by atoms with van der Waals surface area (Å²) in [5, 5.41) is 11.5. The first-order chi connectivity index (χ1) is 11.0. The third-order valence-electron chi connectivity index (χ3n) is 3.14. The number of aromatic nitrogens is 3. The Kier molecular flexibility index (Phi) is 4.36. The van der Waals surface area contributed by atoms with Crippen molar-refractivity contribution in [2.24, 2.45) is 0 Å². The molecule has 0 saturated heterocycles. The van der Waals surface area contributed by atoms with E-state index in [4.69, 9.17) is 28.0 Å². The summed E-state index contributed by atoms with van der Waals surface area (Å²) in [5.41, 5.74) is 1.71. The minimum atomic E-state index is -0.810. The van der Waals surface area contributed by atoms with Crippen molar-refractivity contribution in [3.05, 3.63) is 52.5 Å². The molecule has 23 heavy (non-hydrogen) atoms. The molecule has 0 radical (unpaired) electrons. The van der Waals surface area contributed by atoms with E-state index in [1.807, 2.05) is 0 Å². The van der Waals surface area contributed by atoms with Crippen molar-refractivity contribution < 1.29 is 9.63 Å². The van der Waals surface area contributed by atoms with Gasteiger partial charge in [-0.15, -0.1) is 5.10 Å². The van der Waals surface area contributed by atoms with Gasteiger partial charge in [-0.1, -0.05) is 40.2 Å². The number of nitrogens with zero attached hydrogens (tertiary/aromatic N) is 3. The Labute approximate surface area is 141 Å². The number of hydrogen-bond donors (Lipinski definition) is 1. The van der Waals surface area contributed by atoms with Gasteiger partial charge in [-0.05, 0) is 42.5 Å². The second-order valence-corrected chi connectivity index (χ2v) is 5.66. The number of carbonyl (C=O) groups is 1. The van der Waals surface area contributed by atoms with E-state index in [1.54, 1.807) is 49.4 Å². The first-order valence-corrected chi connectivity index (χ1v) is 7.53. The highest BCUT2D eigenvalue weighted by Crippen LogP contribution is 2.21. The summed E-state index contributed by atoms with van der Waals surface area (Å²) in [5.74, 6) is -0.358. The van der Waals surface area contributed by atoms with Crippen molar-refractivity contribution in [1.82, 2.24) is 15.2 Å². The van der Waals surface area contributed by atoms with E-state index >= 15 is 0 Å². The van der Waals surface area contributed by atoms with E-state index in [9.17, 15) is 4.79 Å². The molecule has 1 heterocycles. The van der Waals surface area contributed by atoms with E-state index in [0.29, 0.717) is 26.8 Å². The molecule has 2 aromatic carbocycles. The quantitative estimate of drug-likeness (QED) is 0.784. The van der Waals surface area contributed by atoms with Gasteiger partial charge in [-0.2, -0.15) is 0 Å². The minimum Gasteiger partial charge on any atom is -0.382 e. The minimum absolute atomic E-state index is 0.358. The highest BCUT2D eigenvalue weighted by Gasteiger charge is 2.18. The highest BCUT2D eigenvalue weighted by atomic mass is 35.5. The Balaban J connectivity index is 1.75. The van der Waals surface area contributed by atoms with Crippen LogP contribution in [-0.4, -0.2) is 27.2 Å². The smallest absolute Gasteiger partial charge is 0.268 e. The SMILES string of the molecule is C[C@H](On1nnc2ccc(Cl)cc21)C(=O)Nc1ccccc1Cl. The monoisotopic (exact) mass is 350 g/mol. The van der Waals surface area contributed by atoms with Crippen LogP contribution in [0.2, 0.25) is 10.0 Å². The molecule has 1 amide bonds. The van der Waals surface area contributed by atoms with Gasteiger partial charge >= 0.3 is 0 Å². The maximum Gasteiger partial charge on any atom is 0.268 e. The summed E-state index contributed by atoms with van der Waals surface area (Å²) in [4.78, 5) is 18.9. The van der Waals surface area contributed by atoms with Gasteiger partial charge in [0.2, 0.25) is 6.10 Å². The summed E-state index contributed by atoms with van der Waals surface area (Å²) >= 11 is 12.0. The predicted octanol–water partition coefficient (Wildman–Crippen LogP) is 3.19. The Morgan fingerprint density at radius 3 is 2.83 bits per heavy atom. The molecule has 1 aromatic heterocycles. The van der Waals surface area contributed by atoms with Crippen LogP contribution in [0.15, 0.2) is 42.5 Å². The van der Waals surface area contributed by atoms with Crippen molar-refractivity contribution in [1.29, 1.82) is 0 Å². The fraction of sp³-hybridized carbons (Fsp3) is 0.133. The number of hydrogen-bond acceptors (Lipinski definition) is 4. The molecule has 0 saturated carbocycles. The highest BCUT2D eigenvalue weighted by molar-refractivity contribution is 6.33. The van der Waals surface area contributed by atoms with Gasteiger partial charge in [0, 0.05) is 5.02 Å². The Bertz CT molecular complexity index is 866. The van der Waals surface area contributed by atoms with Gasteiger partial charge in [0.25, 0.3) is 5.91 Å². The number of para-hydroxylation sites is 1. The van der Waals surface area contributed by atoms with Crippen molar-refractivity contribution >= 4 is 45.8 Å². The fourth-order valence-corrected chi connectivity index (χ4v) is 2.29. The molecule has 0 aliphatic rings. The standard InChI is InChI=1S/C15H12Cl2N4O2/c1-9(15(22)18-12-5-3-2-4-11(12)17)23-21-14-8-10(16)6-7-13(14)19-20-21/h2-9H,1H3,(H,18,22)/t9-/m0/s1. The molecule has 0 fully saturated rings. The lowest BCUT2D eigenvalue weighted by molar-refractivity contribution is -0.127. The molecule has 3 aromatic rings. The van der Waals surface area contributed by atoms with Crippen LogP contribution >= 0.6 is 23.2 Å². The molecule has 1 atom stereocenters. The second-order valence-electron chi connectivity index (χ2n) is 4.81.